The van der Waals surface area contributed by atoms with Crippen molar-refractivity contribution in [2.24, 2.45) is 5.10 Å². The molecule has 0 atom stereocenters. The summed E-state index contributed by atoms with van der Waals surface area (Å²) in [4.78, 5) is 36.4. The number of halogens is 1. The van der Waals surface area contributed by atoms with Crippen molar-refractivity contribution >= 4 is 46.9 Å². The minimum atomic E-state index is -0.922. The van der Waals surface area contributed by atoms with Crippen LogP contribution < -0.4 is 20.8 Å². The van der Waals surface area contributed by atoms with E-state index in [1.54, 1.807) is 54.6 Å². The van der Waals surface area contributed by atoms with Crippen LogP contribution in [0.4, 0.5) is 11.4 Å². The molecule has 0 aliphatic heterocycles. The van der Waals surface area contributed by atoms with Crippen molar-refractivity contribution in [1.29, 1.82) is 0 Å². The molecule has 3 N–H and O–H groups in total. The lowest BCUT2D eigenvalue weighted by Gasteiger charge is -2.11. The van der Waals surface area contributed by atoms with E-state index in [9.17, 15) is 14.4 Å². The number of amides is 3. The summed E-state index contributed by atoms with van der Waals surface area (Å²) < 4.78 is 5.61. The number of nitrogens with zero attached hydrogens (tertiary/aromatic N) is 1. The Morgan fingerprint density at radius 2 is 1.59 bits per heavy atom. The van der Waals surface area contributed by atoms with E-state index in [4.69, 9.17) is 16.3 Å². The van der Waals surface area contributed by atoms with Crippen LogP contribution in [0.25, 0.3) is 0 Å². The second-order valence-electron chi connectivity index (χ2n) is 7.30. The summed E-state index contributed by atoms with van der Waals surface area (Å²) in [5.74, 6) is -1.75. The maximum Gasteiger partial charge on any atom is 0.329 e. The summed E-state index contributed by atoms with van der Waals surface area (Å²) in [6.07, 6.45) is 1.33. The van der Waals surface area contributed by atoms with Crippen LogP contribution in [0.1, 0.15) is 16.7 Å². The molecular formula is C25H23ClN4O4. The highest BCUT2D eigenvalue weighted by molar-refractivity contribution is 6.39. The van der Waals surface area contributed by atoms with Crippen LogP contribution in [0.3, 0.4) is 0 Å². The fourth-order valence-electron chi connectivity index (χ4n) is 2.88. The third-order valence-corrected chi connectivity index (χ3v) is 4.96. The molecule has 3 aromatic rings. The van der Waals surface area contributed by atoms with Gasteiger partial charge < -0.3 is 15.4 Å². The number of anilines is 2. The molecule has 9 heteroatoms. The molecule has 3 rings (SSSR count). The largest absolute Gasteiger partial charge is 0.483 e. The van der Waals surface area contributed by atoms with Gasteiger partial charge in [0.1, 0.15) is 5.75 Å². The van der Waals surface area contributed by atoms with Crippen molar-refractivity contribution in [2.45, 2.75) is 13.8 Å². The number of hydrazone groups is 1. The first-order chi connectivity index (χ1) is 16.3. The van der Waals surface area contributed by atoms with Gasteiger partial charge in [-0.1, -0.05) is 48.0 Å². The molecule has 0 radical (unpaired) electrons. The smallest absolute Gasteiger partial charge is 0.329 e. The van der Waals surface area contributed by atoms with Crippen molar-refractivity contribution in [1.82, 2.24) is 5.43 Å². The van der Waals surface area contributed by atoms with Crippen molar-refractivity contribution in [2.75, 3.05) is 17.2 Å². The van der Waals surface area contributed by atoms with E-state index in [-0.39, 0.29) is 12.5 Å². The normalized spacial score (nSPS) is 10.6. The van der Waals surface area contributed by atoms with E-state index in [0.29, 0.717) is 27.7 Å². The van der Waals surface area contributed by atoms with Gasteiger partial charge in [-0.25, -0.2) is 5.43 Å². The van der Waals surface area contributed by atoms with Crippen molar-refractivity contribution in [3.05, 3.63) is 88.4 Å². The molecular weight excluding hydrogens is 456 g/mol. The molecule has 0 unspecified atom stereocenters. The predicted molar refractivity (Wildman–Crippen MR) is 132 cm³/mol. The highest BCUT2D eigenvalue weighted by Gasteiger charge is 2.14. The molecule has 0 saturated heterocycles. The van der Waals surface area contributed by atoms with Gasteiger partial charge in [0, 0.05) is 22.0 Å². The average Bonchev–Trinajstić information content (AvgIpc) is 2.82. The first-order valence-corrected chi connectivity index (χ1v) is 10.7. The summed E-state index contributed by atoms with van der Waals surface area (Å²) in [5, 5.41) is 9.61. The van der Waals surface area contributed by atoms with Gasteiger partial charge >= 0.3 is 11.8 Å². The van der Waals surface area contributed by atoms with Crippen LogP contribution in [-0.2, 0) is 14.4 Å². The average molecular weight is 479 g/mol. The topological polar surface area (TPSA) is 109 Å². The van der Waals surface area contributed by atoms with Crippen LogP contribution in [0.15, 0.2) is 71.8 Å². The summed E-state index contributed by atoms with van der Waals surface area (Å²) >= 11 is 5.98. The highest BCUT2D eigenvalue weighted by atomic mass is 35.5. The summed E-state index contributed by atoms with van der Waals surface area (Å²) in [6.45, 7) is 3.43. The number of nitrogens with one attached hydrogen (secondary N) is 3. The number of carbonyl (C=O) groups is 3. The summed E-state index contributed by atoms with van der Waals surface area (Å²) in [5.41, 5.74) is 5.52. The Bertz CT molecular complexity index is 1240. The van der Waals surface area contributed by atoms with Gasteiger partial charge in [0.15, 0.2) is 6.61 Å². The van der Waals surface area contributed by atoms with E-state index in [1.807, 2.05) is 26.0 Å². The molecule has 0 aliphatic rings. The summed E-state index contributed by atoms with van der Waals surface area (Å²) in [6, 6.07) is 19.1. The lowest BCUT2D eigenvalue weighted by atomic mass is 10.2. The lowest BCUT2D eigenvalue weighted by molar-refractivity contribution is -0.136. The maximum absolute atomic E-state index is 12.3. The van der Waals surface area contributed by atoms with E-state index in [1.165, 1.54) is 6.21 Å². The number of aryl methyl sites for hydroxylation is 2. The number of ether oxygens (including phenoxy) is 1. The maximum atomic E-state index is 12.3. The van der Waals surface area contributed by atoms with E-state index >= 15 is 0 Å². The second-order valence-corrected chi connectivity index (χ2v) is 7.74. The SMILES string of the molecule is Cc1ccc(Cl)cc1NC(=O)COc1ccccc1C=NNC(=O)C(=O)Nc1ccccc1C. The highest BCUT2D eigenvalue weighted by Crippen LogP contribution is 2.20. The quantitative estimate of drug-likeness (QED) is 0.270. The first-order valence-electron chi connectivity index (χ1n) is 10.3. The zero-order valence-electron chi connectivity index (χ0n) is 18.6. The Morgan fingerprint density at radius 3 is 2.38 bits per heavy atom. The molecule has 0 aromatic heterocycles. The third-order valence-electron chi connectivity index (χ3n) is 4.72. The molecule has 0 spiro atoms. The van der Waals surface area contributed by atoms with Gasteiger partial charge in [-0.2, -0.15) is 5.10 Å². The molecule has 3 aromatic carbocycles. The summed E-state index contributed by atoms with van der Waals surface area (Å²) in [7, 11) is 0. The van der Waals surface area contributed by atoms with Crippen LogP contribution in [0.2, 0.25) is 5.02 Å². The Hall–Kier alpha value is -4.17. The Balaban J connectivity index is 1.55. The molecule has 0 heterocycles. The Morgan fingerprint density at radius 1 is 0.882 bits per heavy atom. The van der Waals surface area contributed by atoms with Crippen LogP contribution >= 0.6 is 11.6 Å². The number of para-hydroxylation sites is 2. The number of rotatable bonds is 7. The van der Waals surface area contributed by atoms with Gasteiger partial charge in [0.05, 0.1) is 6.21 Å². The number of hydrogen-bond acceptors (Lipinski definition) is 5. The molecule has 0 fully saturated rings. The molecule has 34 heavy (non-hydrogen) atoms. The zero-order valence-corrected chi connectivity index (χ0v) is 19.3. The number of hydrogen-bond donors (Lipinski definition) is 3. The van der Waals surface area contributed by atoms with Crippen LogP contribution in [-0.4, -0.2) is 30.5 Å². The zero-order chi connectivity index (χ0) is 24.5. The van der Waals surface area contributed by atoms with Gasteiger partial charge in [-0.05, 0) is 55.3 Å². The van der Waals surface area contributed by atoms with Crippen molar-refractivity contribution < 1.29 is 19.1 Å². The molecule has 0 aliphatic carbocycles. The third kappa shape index (κ3) is 6.91. The number of carbonyl (C=O) groups excluding carboxylic acids is 3. The predicted octanol–water partition coefficient (Wildman–Crippen LogP) is 4.06. The fourth-order valence-corrected chi connectivity index (χ4v) is 3.05. The fraction of sp³-hybridized carbons (Fsp3) is 0.120. The van der Waals surface area contributed by atoms with Gasteiger partial charge in [0.2, 0.25) is 0 Å². The number of benzene rings is 3. The van der Waals surface area contributed by atoms with Crippen LogP contribution in [0.5, 0.6) is 5.75 Å². The standard InChI is InChI=1S/C25H23ClN4O4/c1-16-7-3-5-9-20(16)29-24(32)25(33)30-27-14-18-8-4-6-10-22(18)34-15-23(31)28-21-13-19(26)12-11-17(21)2/h3-14H,15H2,1-2H3,(H,28,31)(H,29,32)(H,30,33). The minimum absolute atomic E-state index is 0.248. The molecule has 174 valence electrons. The van der Waals surface area contributed by atoms with E-state index < -0.39 is 11.8 Å². The molecule has 3 amide bonds. The van der Waals surface area contributed by atoms with Gasteiger partial charge in [0.25, 0.3) is 5.91 Å². The Labute approximate surface area is 202 Å². The molecule has 0 bridgehead atoms. The van der Waals surface area contributed by atoms with E-state index in [2.05, 4.69) is 21.2 Å². The van der Waals surface area contributed by atoms with E-state index in [0.717, 1.165) is 11.1 Å². The minimum Gasteiger partial charge on any atom is -0.483 e. The lowest BCUT2D eigenvalue weighted by Crippen LogP contribution is -2.32. The van der Waals surface area contributed by atoms with Crippen molar-refractivity contribution in [3.63, 3.8) is 0 Å². The Kier molecular flexibility index (Phi) is 8.37. The molecule has 0 saturated carbocycles. The van der Waals surface area contributed by atoms with Crippen molar-refractivity contribution in [3.8, 4) is 5.75 Å². The first kappa shape index (κ1) is 24.5. The van der Waals surface area contributed by atoms with Gasteiger partial charge in [-0.15, -0.1) is 0 Å². The van der Waals surface area contributed by atoms with Crippen LogP contribution in [0, 0.1) is 13.8 Å². The second kappa shape index (κ2) is 11.6. The molecule has 8 nitrogen and oxygen atoms in total. The monoisotopic (exact) mass is 478 g/mol. The van der Waals surface area contributed by atoms with Gasteiger partial charge in [-0.3, -0.25) is 14.4 Å².